The topological polar surface area (TPSA) is 84.1 Å². The van der Waals surface area contributed by atoms with Crippen molar-refractivity contribution in [3.05, 3.63) is 53.9 Å². The molecule has 1 atom stereocenters. The molecular weight excluding hydrogens is 386 g/mol. The Morgan fingerprint density at radius 3 is 2.69 bits per heavy atom. The van der Waals surface area contributed by atoms with Crippen molar-refractivity contribution in [3.63, 3.8) is 0 Å². The van der Waals surface area contributed by atoms with Crippen LogP contribution < -0.4 is 4.72 Å². The minimum Gasteiger partial charge on any atom is -0.370 e. The summed E-state index contributed by atoms with van der Waals surface area (Å²) in [5, 5.41) is 0. The van der Waals surface area contributed by atoms with Gasteiger partial charge in [-0.05, 0) is 67.5 Å². The monoisotopic (exact) mass is 413 g/mol. The zero-order valence-electron chi connectivity index (χ0n) is 16.8. The molecule has 0 amide bonds. The number of anilines is 1. The molecule has 154 valence electrons. The van der Waals surface area contributed by atoms with Crippen LogP contribution in [0.3, 0.4) is 0 Å². The number of nitrogens with one attached hydrogen (secondary N) is 2. The van der Waals surface area contributed by atoms with Gasteiger partial charge in [0.25, 0.3) is 10.0 Å². The van der Waals surface area contributed by atoms with Gasteiger partial charge in [-0.1, -0.05) is 26.0 Å². The van der Waals surface area contributed by atoms with Crippen LogP contribution in [0.25, 0.3) is 11.0 Å². The van der Waals surface area contributed by atoms with Crippen LogP contribution >= 0.6 is 0 Å². The lowest BCUT2D eigenvalue weighted by Crippen LogP contribution is -2.12. The van der Waals surface area contributed by atoms with E-state index >= 15 is 0 Å². The number of aromatic amines is 1. The summed E-state index contributed by atoms with van der Waals surface area (Å²) in [7, 11) is -3.65. The first-order valence-corrected chi connectivity index (χ1v) is 11.6. The normalized spacial score (nSPS) is 17.3. The predicted molar refractivity (Wildman–Crippen MR) is 114 cm³/mol. The summed E-state index contributed by atoms with van der Waals surface area (Å²) >= 11 is 0. The van der Waals surface area contributed by atoms with Gasteiger partial charge in [0, 0.05) is 6.61 Å². The molecule has 1 aliphatic heterocycles. The van der Waals surface area contributed by atoms with Gasteiger partial charge in [-0.3, -0.25) is 4.72 Å². The van der Waals surface area contributed by atoms with Crippen molar-refractivity contribution in [2.24, 2.45) is 5.92 Å². The highest BCUT2D eigenvalue weighted by Gasteiger charge is 2.21. The van der Waals surface area contributed by atoms with Crippen LogP contribution in [-0.4, -0.2) is 25.0 Å². The first-order valence-electron chi connectivity index (χ1n) is 10.1. The second-order valence-corrected chi connectivity index (χ2v) is 9.72. The molecule has 1 unspecified atom stereocenters. The second-order valence-electron chi connectivity index (χ2n) is 8.04. The van der Waals surface area contributed by atoms with E-state index in [1.165, 1.54) is 0 Å². The fourth-order valence-electron chi connectivity index (χ4n) is 3.54. The maximum Gasteiger partial charge on any atom is 0.261 e. The number of H-pyrrole nitrogens is 1. The first kappa shape index (κ1) is 19.9. The van der Waals surface area contributed by atoms with Crippen LogP contribution in [0.1, 0.15) is 50.6 Å². The molecule has 2 N–H and O–H groups in total. The maximum absolute atomic E-state index is 12.8. The smallest absolute Gasteiger partial charge is 0.261 e. The van der Waals surface area contributed by atoms with Gasteiger partial charge in [0.1, 0.15) is 11.9 Å². The second kappa shape index (κ2) is 8.16. The number of ether oxygens (including phenoxy) is 1. The fourth-order valence-corrected chi connectivity index (χ4v) is 4.59. The summed E-state index contributed by atoms with van der Waals surface area (Å²) < 4.78 is 33.9. The van der Waals surface area contributed by atoms with Gasteiger partial charge in [-0.15, -0.1) is 0 Å². The largest absolute Gasteiger partial charge is 0.370 e. The van der Waals surface area contributed by atoms with E-state index in [9.17, 15) is 8.42 Å². The molecule has 0 saturated carbocycles. The van der Waals surface area contributed by atoms with Gasteiger partial charge in [-0.2, -0.15) is 0 Å². The zero-order chi connectivity index (χ0) is 20.4. The summed E-state index contributed by atoms with van der Waals surface area (Å²) in [5.41, 5.74) is 3.25. The van der Waals surface area contributed by atoms with Crippen molar-refractivity contribution in [1.29, 1.82) is 0 Å². The Balaban J connectivity index is 1.50. The van der Waals surface area contributed by atoms with Crippen molar-refractivity contribution in [2.75, 3.05) is 11.3 Å². The molecule has 4 rings (SSSR count). The Kier molecular flexibility index (Phi) is 5.61. The van der Waals surface area contributed by atoms with E-state index in [0.717, 1.165) is 54.7 Å². The van der Waals surface area contributed by atoms with E-state index in [1.807, 2.05) is 18.2 Å². The number of fused-ring (bicyclic) bond motifs is 1. The molecule has 1 fully saturated rings. The van der Waals surface area contributed by atoms with Gasteiger partial charge < -0.3 is 9.72 Å². The molecule has 29 heavy (non-hydrogen) atoms. The highest BCUT2D eigenvalue weighted by atomic mass is 32.2. The molecule has 2 aromatic carbocycles. The average Bonchev–Trinajstić information content (AvgIpc) is 3.35. The van der Waals surface area contributed by atoms with Crippen LogP contribution in [0, 0.1) is 5.92 Å². The van der Waals surface area contributed by atoms with Crippen LogP contribution in [0.5, 0.6) is 0 Å². The van der Waals surface area contributed by atoms with Gasteiger partial charge in [0.2, 0.25) is 0 Å². The number of aromatic nitrogens is 2. The van der Waals surface area contributed by atoms with E-state index in [2.05, 4.69) is 28.5 Å². The van der Waals surface area contributed by atoms with Crippen LogP contribution in [0.4, 0.5) is 5.69 Å². The molecule has 0 radical (unpaired) electrons. The first-order chi connectivity index (χ1) is 13.9. The van der Waals surface area contributed by atoms with Crippen molar-refractivity contribution in [2.45, 2.75) is 50.5 Å². The van der Waals surface area contributed by atoms with E-state index in [-0.39, 0.29) is 11.0 Å². The Bertz CT molecular complexity index is 1080. The lowest BCUT2D eigenvalue weighted by atomic mass is 10.0. The summed E-state index contributed by atoms with van der Waals surface area (Å²) in [6.07, 6.45) is 4.02. The minimum absolute atomic E-state index is 0.00301. The molecule has 1 aromatic heterocycles. The van der Waals surface area contributed by atoms with E-state index in [0.29, 0.717) is 11.6 Å². The third kappa shape index (κ3) is 4.62. The Morgan fingerprint density at radius 2 is 2.00 bits per heavy atom. The molecular formula is C22H27N3O3S. The lowest BCUT2D eigenvalue weighted by Gasteiger charge is -2.09. The Labute approximate surface area is 171 Å². The van der Waals surface area contributed by atoms with Crippen LogP contribution in [0.15, 0.2) is 47.4 Å². The number of imidazole rings is 1. The average molecular weight is 414 g/mol. The van der Waals surface area contributed by atoms with Crippen molar-refractivity contribution < 1.29 is 13.2 Å². The molecule has 6 nitrogen and oxygen atoms in total. The third-order valence-corrected chi connectivity index (χ3v) is 6.63. The van der Waals surface area contributed by atoms with E-state index in [4.69, 9.17) is 4.74 Å². The molecule has 1 saturated heterocycles. The number of hydrogen-bond acceptors (Lipinski definition) is 4. The standard InChI is InChI=1S/C22H27N3O3S/c1-15(2)5-6-16-7-10-18(11-8-16)29(26,27)25-17-9-12-19-20(14-17)24-22(23-19)21-4-3-13-28-21/h7-12,14-15,21,25H,3-6,13H2,1-2H3,(H,23,24). The maximum atomic E-state index is 12.8. The minimum atomic E-state index is -3.65. The molecule has 0 spiro atoms. The Morgan fingerprint density at radius 1 is 1.21 bits per heavy atom. The number of aryl methyl sites for hydroxylation is 1. The SMILES string of the molecule is CC(C)CCc1ccc(S(=O)(=O)Nc2ccc3nc(C4CCCO4)[nH]c3c2)cc1. The quantitative estimate of drug-likeness (QED) is 0.582. The summed E-state index contributed by atoms with van der Waals surface area (Å²) in [6.45, 7) is 5.12. The van der Waals surface area contributed by atoms with E-state index < -0.39 is 10.0 Å². The zero-order valence-corrected chi connectivity index (χ0v) is 17.6. The molecule has 0 bridgehead atoms. The van der Waals surface area contributed by atoms with Crippen molar-refractivity contribution in [3.8, 4) is 0 Å². The fraction of sp³-hybridized carbons (Fsp3) is 0.409. The lowest BCUT2D eigenvalue weighted by molar-refractivity contribution is 0.106. The molecule has 1 aliphatic rings. The molecule has 0 aliphatic carbocycles. The number of sulfonamides is 1. The van der Waals surface area contributed by atoms with Crippen molar-refractivity contribution >= 4 is 26.7 Å². The van der Waals surface area contributed by atoms with Crippen LogP contribution in [-0.2, 0) is 21.2 Å². The number of hydrogen-bond donors (Lipinski definition) is 2. The van der Waals surface area contributed by atoms with E-state index in [1.54, 1.807) is 24.3 Å². The highest BCUT2D eigenvalue weighted by Crippen LogP contribution is 2.29. The molecule has 2 heterocycles. The van der Waals surface area contributed by atoms with Crippen molar-refractivity contribution in [1.82, 2.24) is 9.97 Å². The Hall–Kier alpha value is -2.38. The number of rotatable bonds is 7. The predicted octanol–water partition coefficient (Wildman–Crippen LogP) is 4.80. The summed E-state index contributed by atoms with van der Waals surface area (Å²) in [6, 6.07) is 12.4. The van der Waals surface area contributed by atoms with Crippen LogP contribution in [0.2, 0.25) is 0 Å². The summed E-state index contributed by atoms with van der Waals surface area (Å²) in [5.74, 6) is 1.42. The molecule has 3 aromatic rings. The third-order valence-electron chi connectivity index (χ3n) is 5.23. The number of benzene rings is 2. The molecule has 7 heteroatoms. The van der Waals surface area contributed by atoms with Gasteiger partial charge >= 0.3 is 0 Å². The highest BCUT2D eigenvalue weighted by molar-refractivity contribution is 7.92. The van der Waals surface area contributed by atoms with Gasteiger partial charge in [0.05, 0.1) is 21.6 Å². The van der Waals surface area contributed by atoms with Gasteiger partial charge in [0.15, 0.2) is 0 Å². The van der Waals surface area contributed by atoms with Gasteiger partial charge in [-0.25, -0.2) is 13.4 Å². The summed E-state index contributed by atoms with van der Waals surface area (Å²) in [4.78, 5) is 8.09. The number of nitrogens with zero attached hydrogens (tertiary/aromatic N) is 1.